The van der Waals surface area contributed by atoms with Crippen LogP contribution in [0.2, 0.25) is 0 Å². The Morgan fingerprint density at radius 1 is 1.30 bits per heavy atom. The molecule has 1 saturated heterocycles. The van der Waals surface area contributed by atoms with E-state index in [9.17, 15) is 12.8 Å². The number of hydrogen-bond donors (Lipinski definition) is 1. The summed E-state index contributed by atoms with van der Waals surface area (Å²) in [4.78, 5) is 0. The molecule has 0 spiro atoms. The lowest BCUT2D eigenvalue weighted by molar-refractivity contribution is 0.365. The summed E-state index contributed by atoms with van der Waals surface area (Å²) in [6.45, 7) is 2.45. The molecule has 0 amide bonds. The van der Waals surface area contributed by atoms with Crippen molar-refractivity contribution in [3.63, 3.8) is 0 Å². The number of halogens is 1. The van der Waals surface area contributed by atoms with Crippen molar-refractivity contribution in [1.29, 1.82) is 0 Å². The van der Waals surface area contributed by atoms with Crippen molar-refractivity contribution in [3.05, 3.63) is 35.6 Å². The van der Waals surface area contributed by atoms with E-state index in [-0.39, 0.29) is 12.4 Å². The van der Waals surface area contributed by atoms with E-state index in [1.807, 2.05) is 0 Å². The summed E-state index contributed by atoms with van der Waals surface area (Å²) in [5, 5.41) is 3.16. The van der Waals surface area contributed by atoms with Gasteiger partial charge < -0.3 is 5.32 Å². The first-order chi connectivity index (χ1) is 9.51. The Labute approximate surface area is 119 Å². The average Bonchev–Trinajstić information content (AvgIpc) is 2.70. The molecule has 0 aliphatic carbocycles. The molecule has 112 valence electrons. The number of benzene rings is 1. The van der Waals surface area contributed by atoms with E-state index in [1.54, 1.807) is 18.2 Å². The highest BCUT2D eigenvalue weighted by Crippen LogP contribution is 2.14. The van der Waals surface area contributed by atoms with Crippen LogP contribution in [-0.4, -0.2) is 50.3 Å². The topological polar surface area (TPSA) is 52.7 Å². The number of nitrogens with zero attached hydrogens (tertiary/aromatic N) is 2. The molecule has 1 fully saturated rings. The molecule has 7 heteroatoms. The molecule has 1 aromatic carbocycles. The van der Waals surface area contributed by atoms with Crippen molar-refractivity contribution in [2.45, 2.75) is 13.0 Å². The van der Waals surface area contributed by atoms with E-state index in [4.69, 9.17) is 0 Å². The van der Waals surface area contributed by atoms with Crippen LogP contribution in [0.15, 0.2) is 24.3 Å². The van der Waals surface area contributed by atoms with Crippen LogP contribution >= 0.6 is 0 Å². The van der Waals surface area contributed by atoms with Crippen molar-refractivity contribution in [2.75, 3.05) is 33.2 Å². The molecule has 0 bridgehead atoms. The van der Waals surface area contributed by atoms with E-state index in [2.05, 4.69) is 5.32 Å². The molecule has 1 heterocycles. The van der Waals surface area contributed by atoms with Crippen molar-refractivity contribution in [1.82, 2.24) is 13.9 Å². The van der Waals surface area contributed by atoms with Gasteiger partial charge in [-0.05, 0) is 19.0 Å². The molecule has 1 N–H and O–H groups in total. The molecular weight excluding hydrogens is 281 g/mol. The smallest absolute Gasteiger partial charge is 0.282 e. The van der Waals surface area contributed by atoms with Gasteiger partial charge in [-0.1, -0.05) is 18.2 Å². The fourth-order valence-corrected chi connectivity index (χ4v) is 3.58. The van der Waals surface area contributed by atoms with Crippen LogP contribution in [0, 0.1) is 5.82 Å². The SMILES string of the molecule is CN(Cc1ccccc1F)S(=O)(=O)N1CCCNCC1. The maximum atomic E-state index is 13.6. The Hall–Kier alpha value is -1.02. The highest BCUT2D eigenvalue weighted by molar-refractivity contribution is 7.86. The van der Waals surface area contributed by atoms with Gasteiger partial charge in [0.25, 0.3) is 10.2 Å². The zero-order valence-corrected chi connectivity index (χ0v) is 12.4. The van der Waals surface area contributed by atoms with Gasteiger partial charge >= 0.3 is 0 Å². The minimum Gasteiger partial charge on any atom is -0.315 e. The maximum Gasteiger partial charge on any atom is 0.282 e. The first-order valence-corrected chi connectivity index (χ1v) is 8.07. The largest absolute Gasteiger partial charge is 0.315 e. The van der Waals surface area contributed by atoms with Gasteiger partial charge in [-0.25, -0.2) is 4.39 Å². The lowest BCUT2D eigenvalue weighted by Gasteiger charge is -2.26. The van der Waals surface area contributed by atoms with Crippen LogP contribution < -0.4 is 5.32 Å². The van der Waals surface area contributed by atoms with Crippen LogP contribution in [0.25, 0.3) is 0 Å². The molecule has 0 radical (unpaired) electrons. The third kappa shape index (κ3) is 3.54. The fraction of sp³-hybridized carbons (Fsp3) is 0.538. The predicted molar refractivity (Wildman–Crippen MR) is 75.8 cm³/mol. The van der Waals surface area contributed by atoms with Gasteiger partial charge in [-0.3, -0.25) is 0 Å². The van der Waals surface area contributed by atoms with E-state index in [0.29, 0.717) is 25.2 Å². The number of hydrogen-bond acceptors (Lipinski definition) is 3. The first kappa shape index (κ1) is 15.4. The molecule has 20 heavy (non-hydrogen) atoms. The van der Waals surface area contributed by atoms with Crippen LogP contribution in [-0.2, 0) is 16.8 Å². The first-order valence-electron chi connectivity index (χ1n) is 6.67. The minimum atomic E-state index is -3.54. The predicted octanol–water partition coefficient (Wildman–Crippen LogP) is 0.798. The fourth-order valence-electron chi connectivity index (χ4n) is 2.20. The molecule has 2 rings (SSSR count). The normalized spacial score (nSPS) is 18.1. The summed E-state index contributed by atoms with van der Waals surface area (Å²) >= 11 is 0. The summed E-state index contributed by atoms with van der Waals surface area (Å²) in [6.07, 6.45) is 0.784. The van der Waals surface area contributed by atoms with E-state index in [0.717, 1.165) is 13.0 Å². The molecule has 0 unspecified atom stereocenters. The summed E-state index contributed by atoms with van der Waals surface area (Å²) in [5.41, 5.74) is 0.381. The van der Waals surface area contributed by atoms with Crippen LogP contribution in [0.1, 0.15) is 12.0 Å². The molecule has 1 aliphatic heterocycles. The molecule has 0 saturated carbocycles. The summed E-state index contributed by atoms with van der Waals surface area (Å²) in [5.74, 6) is -0.382. The zero-order chi connectivity index (χ0) is 14.6. The molecule has 1 aromatic rings. The van der Waals surface area contributed by atoms with Gasteiger partial charge in [-0.2, -0.15) is 17.0 Å². The third-order valence-electron chi connectivity index (χ3n) is 3.37. The number of rotatable bonds is 4. The van der Waals surface area contributed by atoms with Gasteiger partial charge in [0.2, 0.25) is 0 Å². The van der Waals surface area contributed by atoms with Crippen molar-refractivity contribution in [2.24, 2.45) is 0 Å². The number of nitrogens with one attached hydrogen (secondary N) is 1. The molecule has 5 nitrogen and oxygen atoms in total. The highest BCUT2D eigenvalue weighted by Gasteiger charge is 2.27. The minimum absolute atomic E-state index is 0.0406. The Kier molecular flexibility index (Phi) is 5.09. The van der Waals surface area contributed by atoms with Crippen molar-refractivity contribution >= 4 is 10.2 Å². The molecule has 0 aromatic heterocycles. The Balaban J connectivity index is 2.10. The van der Waals surface area contributed by atoms with E-state index >= 15 is 0 Å². The second-order valence-corrected chi connectivity index (χ2v) is 6.89. The van der Waals surface area contributed by atoms with Gasteiger partial charge in [0.15, 0.2) is 0 Å². The van der Waals surface area contributed by atoms with Crippen molar-refractivity contribution in [3.8, 4) is 0 Å². The molecular formula is C13H20FN3O2S. The van der Waals surface area contributed by atoms with Crippen molar-refractivity contribution < 1.29 is 12.8 Å². The monoisotopic (exact) mass is 301 g/mol. The van der Waals surface area contributed by atoms with Gasteiger partial charge in [0.1, 0.15) is 5.82 Å². The molecule has 1 aliphatic rings. The Morgan fingerprint density at radius 2 is 2.05 bits per heavy atom. The Morgan fingerprint density at radius 3 is 2.80 bits per heavy atom. The Bertz CT molecular complexity index is 542. The second kappa shape index (κ2) is 6.62. The van der Waals surface area contributed by atoms with Crippen LogP contribution in [0.5, 0.6) is 0 Å². The maximum absolute atomic E-state index is 13.6. The lowest BCUT2D eigenvalue weighted by atomic mass is 10.2. The second-order valence-electron chi connectivity index (χ2n) is 4.86. The van der Waals surface area contributed by atoms with Gasteiger partial charge in [-0.15, -0.1) is 0 Å². The third-order valence-corrected chi connectivity index (χ3v) is 5.30. The van der Waals surface area contributed by atoms with E-state index in [1.165, 1.54) is 21.7 Å². The zero-order valence-electron chi connectivity index (χ0n) is 11.5. The standard InChI is InChI=1S/C13H20FN3O2S/c1-16(11-12-5-2-3-6-13(12)14)20(18,19)17-9-4-7-15-8-10-17/h2-3,5-6,15H,4,7-11H2,1H3. The van der Waals surface area contributed by atoms with E-state index < -0.39 is 10.2 Å². The van der Waals surface area contributed by atoms with Gasteiger partial charge in [0.05, 0.1) is 0 Å². The quantitative estimate of drug-likeness (QED) is 0.895. The molecule has 0 atom stereocenters. The van der Waals surface area contributed by atoms with Crippen LogP contribution in [0.4, 0.5) is 4.39 Å². The highest BCUT2D eigenvalue weighted by atomic mass is 32.2. The summed E-state index contributed by atoms with van der Waals surface area (Å²) in [7, 11) is -2.05. The lowest BCUT2D eigenvalue weighted by Crippen LogP contribution is -2.43. The summed E-state index contributed by atoms with van der Waals surface area (Å²) in [6, 6.07) is 6.24. The average molecular weight is 301 g/mol. The van der Waals surface area contributed by atoms with Gasteiger partial charge in [0, 0.05) is 38.8 Å². The summed E-state index contributed by atoms with van der Waals surface area (Å²) < 4.78 is 41.2. The van der Waals surface area contributed by atoms with Crippen LogP contribution in [0.3, 0.4) is 0 Å².